The van der Waals surface area contributed by atoms with E-state index in [1.54, 1.807) is 12.0 Å². The number of nitrogens with zero attached hydrogens (tertiary/aromatic N) is 1. The molecule has 6 nitrogen and oxygen atoms in total. The molecule has 0 saturated carbocycles. The number of benzene rings is 3. The van der Waals surface area contributed by atoms with Gasteiger partial charge in [-0.25, -0.2) is 0 Å². The molecule has 2 atom stereocenters. The van der Waals surface area contributed by atoms with E-state index < -0.39 is 11.7 Å². The molecule has 0 aliphatic carbocycles. The number of aliphatic hydroxyl groups is 1. The van der Waals surface area contributed by atoms with Crippen molar-refractivity contribution in [2.75, 3.05) is 33.4 Å². The molecule has 3 N–H and O–H groups in total. The third kappa shape index (κ3) is 6.53. The van der Waals surface area contributed by atoms with Gasteiger partial charge in [0.2, 0.25) is 0 Å². The second kappa shape index (κ2) is 13.6. The van der Waals surface area contributed by atoms with Crippen molar-refractivity contribution in [3.05, 3.63) is 94.0 Å². The van der Waals surface area contributed by atoms with E-state index in [4.69, 9.17) is 26.8 Å². The zero-order valence-electron chi connectivity index (χ0n) is 22.9. The maximum Gasteiger partial charge on any atom is 0.254 e. The number of aryl methyl sites for hydroxylation is 1. The van der Waals surface area contributed by atoms with Crippen LogP contribution in [0.15, 0.2) is 66.7 Å². The van der Waals surface area contributed by atoms with Crippen LogP contribution in [0, 0.1) is 0 Å². The Kier molecular flexibility index (Phi) is 10.2. The van der Waals surface area contributed by atoms with Gasteiger partial charge in [0.05, 0.1) is 13.2 Å². The molecule has 0 spiro atoms. The zero-order chi connectivity index (χ0) is 27.8. The first-order chi connectivity index (χ1) is 18.9. The highest BCUT2D eigenvalue weighted by Crippen LogP contribution is 2.45. The second-order valence-corrected chi connectivity index (χ2v) is 10.5. The van der Waals surface area contributed by atoms with E-state index in [-0.39, 0.29) is 12.5 Å². The maximum absolute atomic E-state index is 13.5. The molecule has 3 aromatic rings. The molecular formula is C32H39ClN2O4. The molecule has 7 heteroatoms. The lowest BCUT2D eigenvalue weighted by atomic mass is 9.76. The van der Waals surface area contributed by atoms with Crippen LogP contribution in [0.25, 0.3) is 11.1 Å². The van der Waals surface area contributed by atoms with Gasteiger partial charge in [-0.05, 0) is 66.1 Å². The summed E-state index contributed by atoms with van der Waals surface area (Å²) in [7, 11) is 1.68. The Morgan fingerprint density at radius 2 is 1.87 bits per heavy atom. The second-order valence-electron chi connectivity index (χ2n) is 10.1. The van der Waals surface area contributed by atoms with E-state index in [1.165, 1.54) is 0 Å². The Morgan fingerprint density at radius 1 is 1.13 bits per heavy atom. The van der Waals surface area contributed by atoms with Gasteiger partial charge in [-0.3, -0.25) is 4.79 Å². The van der Waals surface area contributed by atoms with Crippen molar-refractivity contribution < 1.29 is 19.4 Å². The third-order valence-corrected chi connectivity index (χ3v) is 7.91. The fourth-order valence-corrected chi connectivity index (χ4v) is 5.74. The number of morpholine rings is 1. The SMILES string of the molecule is CCc1ccc(Cl)c(-c2ccccc2)c1C(O)(CCCCOC)C1CN(C(=O)c2ccc(CN)cc2)CCO1. The number of hydrogen-bond donors (Lipinski definition) is 2. The molecular weight excluding hydrogens is 512 g/mol. The monoisotopic (exact) mass is 550 g/mol. The van der Waals surface area contributed by atoms with Crippen molar-refractivity contribution in [3.8, 4) is 11.1 Å². The molecule has 1 saturated heterocycles. The zero-order valence-corrected chi connectivity index (χ0v) is 23.6. The summed E-state index contributed by atoms with van der Waals surface area (Å²) in [5.74, 6) is -0.0845. The van der Waals surface area contributed by atoms with Gasteiger partial charge in [0.25, 0.3) is 5.91 Å². The third-order valence-electron chi connectivity index (χ3n) is 7.60. The molecule has 0 radical (unpaired) electrons. The van der Waals surface area contributed by atoms with E-state index in [2.05, 4.69) is 6.92 Å². The summed E-state index contributed by atoms with van der Waals surface area (Å²) < 4.78 is 11.6. The minimum atomic E-state index is -1.38. The van der Waals surface area contributed by atoms with E-state index >= 15 is 0 Å². The normalized spacial score (nSPS) is 17.2. The van der Waals surface area contributed by atoms with Crippen LogP contribution in [-0.4, -0.2) is 55.4 Å². The van der Waals surface area contributed by atoms with Gasteiger partial charge in [0, 0.05) is 43.0 Å². The predicted octanol–water partition coefficient (Wildman–Crippen LogP) is 5.57. The summed E-state index contributed by atoms with van der Waals surface area (Å²) >= 11 is 6.86. The predicted molar refractivity (Wildman–Crippen MR) is 156 cm³/mol. The van der Waals surface area contributed by atoms with Gasteiger partial charge >= 0.3 is 0 Å². The molecule has 2 unspecified atom stereocenters. The highest BCUT2D eigenvalue weighted by Gasteiger charge is 2.45. The van der Waals surface area contributed by atoms with Crippen LogP contribution >= 0.6 is 11.6 Å². The molecule has 0 bridgehead atoms. The lowest BCUT2D eigenvalue weighted by Gasteiger charge is -2.44. The van der Waals surface area contributed by atoms with Crippen molar-refractivity contribution in [1.29, 1.82) is 0 Å². The standard InChI is InChI=1S/C32H39ClN2O4/c1-3-24-15-16-27(33)29(25-9-5-4-6-10-25)30(24)32(37,17-7-8-19-38-2)28-22-35(18-20-39-28)31(36)26-13-11-23(21-34)12-14-26/h4-6,9-16,28,37H,3,7-8,17-22,34H2,1-2H3. The maximum atomic E-state index is 13.5. The van der Waals surface area contributed by atoms with Gasteiger partial charge in [-0.2, -0.15) is 0 Å². The number of unbranched alkanes of at least 4 members (excludes halogenated alkanes) is 1. The first-order valence-electron chi connectivity index (χ1n) is 13.7. The molecule has 39 heavy (non-hydrogen) atoms. The highest BCUT2D eigenvalue weighted by atomic mass is 35.5. The average Bonchev–Trinajstić information content (AvgIpc) is 2.99. The lowest BCUT2D eigenvalue weighted by molar-refractivity contribution is -0.147. The average molecular weight is 551 g/mol. The van der Waals surface area contributed by atoms with E-state index in [0.717, 1.165) is 47.1 Å². The number of hydrogen-bond acceptors (Lipinski definition) is 5. The Morgan fingerprint density at radius 3 is 2.54 bits per heavy atom. The number of nitrogens with two attached hydrogens (primary N) is 1. The van der Waals surface area contributed by atoms with Crippen molar-refractivity contribution in [3.63, 3.8) is 0 Å². The molecule has 1 aliphatic heterocycles. The van der Waals surface area contributed by atoms with Gasteiger partial charge < -0.3 is 25.2 Å². The molecule has 3 aromatic carbocycles. The Labute approximate surface area is 236 Å². The van der Waals surface area contributed by atoms with Crippen molar-refractivity contribution in [1.82, 2.24) is 4.90 Å². The first kappa shape index (κ1) is 29.2. The summed E-state index contributed by atoms with van der Waals surface area (Å²) in [6.45, 7) is 4.16. The van der Waals surface area contributed by atoms with E-state index in [9.17, 15) is 9.90 Å². The number of rotatable bonds is 11. The molecule has 0 aromatic heterocycles. The first-order valence-corrected chi connectivity index (χ1v) is 14.1. The number of halogens is 1. The van der Waals surface area contributed by atoms with Crippen LogP contribution < -0.4 is 5.73 Å². The number of ether oxygens (including phenoxy) is 2. The Bertz CT molecular complexity index is 1230. The summed E-state index contributed by atoms with van der Waals surface area (Å²) in [4.78, 5) is 15.3. The van der Waals surface area contributed by atoms with Crippen molar-refractivity contribution in [2.45, 2.75) is 50.9 Å². The van der Waals surface area contributed by atoms with Gasteiger partial charge in [0.15, 0.2) is 0 Å². The van der Waals surface area contributed by atoms with Crippen LogP contribution in [0.4, 0.5) is 0 Å². The molecule has 1 amide bonds. The fourth-order valence-electron chi connectivity index (χ4n) is 5.47. The van der Waals surface area contributed by atoms with Gasteiger partial charge in [0.1, 0.15) is 11.7 Å². The van der Waals surface area contributed by atoms with Crippen LogP contribution in [-0.2, 0) is 28.0 Å². The topological polar surface area (TPSA) is 85.0 Å². The summed E-state index contributed by atoms with van der Waals surface area (Å²) in [6.07, 6.45) is 2.05. The van der Waals surface area contributed by atoms with Crippen molar-refractivity contribution >= 4 is 17.5 Å². The number of carbonyl (C=O) groups excluding carboxylic acids is 1. The molecule has 4 rings (SSSR count). The quantitative estimate of drug-likeness (QED) is 0.305. The van der Waals surface area contributed by atoms with Crippen LogP contribution in [0.3, 0.4) is 0 Å². The number of methoxy groups -OCH3 is 1. The minimum Gasteiger partial charge on any atom is -0.385 e. The molecule has 1 fully saturated rings. The van der Waals surface area contributed by atoms with Crippen LogP contribution in [0.2, 0.25) is 5.02 Å². The fraction of sp³-hybridized carbons (Fsp3) is 0.406. The lowest BCUT2D eigenvalue weighted by Crippen LogP contribution is -2.55. The Balaban J connectivity index is 1.76. The van der Waals surface area contributed by atoms with Crippen LogP contribution in [0.1, 0.15) is 53.2 Å². The van der Waals surface area contributed by atoms with Gasteiger partial charge in [-0.1, -0.05) is 67.1 Å². The largest absolute Gasteiger partial charge is 0.385 e. The highest BCUT2D eigenvalue weighted by molar-refractivity contribution is 6.33. The summed E-state index contributed by atoms with van der Waals surface area (Å²) in [5.41, 5.74) is 9.47. The van der Waals surface area contributed by atoms with E-state index in [1.807, 2.05) is 66.7 Å². The number of amides is 1. The molecule has 1 heterocycles. The van der Waals surface area contributed by atoms with Crippen LogP contribution in [0.5, 0.6) is 0 Å². The summed E-state index contributed by atoms with van der Waals surface area (Å²) in [5, 5.41) is 13.3. The van der Waals surface area contributed by atoms with E-state index in [0.29, 0.717) is 43.3 Å². The molecule has 1 aliphatic rings. The van der Waals surface area contributed by atoms with Gasteiger partial charge in [-0.15, -0.1) is 0 Å². The molecule has 208 valence electrons. The number of carbonyl (C=O) groups is 1. The minimum absolute atomic E-state index is 0.0845. The smallest absolute Gasteiger partial charge is 0.254 e. The van der Waals surface area contributed by atoms with Crippen molar-refractivity contribution in [2.24, 2.45) is 5.73 Å². The summed E-state index contributed by atoms with van der Waals surface area (Å²) in [6, 6.07) is 21.2. The Hall–Kier alpha value is -2.74.